The van der Waals surface area contributed by atoms with E-state index in [2.05, 4.69) is 34.1 Å². The van der Waals surface area contributed by atoms with E-state index in [0.29, 0.717) is 12.5 Å². The van der Waals surface area contributed by atoms with E-state index in [4.69, 9.17) is 5.73 Å². The fraction of sp³-hybridized carbons (Fsp3) is 0.577. The molecular weight excluding hydrogens is 430 g/mol. The predicted molar refractivity (Wildman–Crippen MR) is 135 cm³/mol. The van der Waals surface area contributed by atoms with Crippen LogP contribution >= 0.6 is 0 Å². The van der Waals surface area contributed by atoms with E-state index in [0.717, 1.165) is 64.5 Å². The fourth-order valence-electron chi connectivity index (χ4n) is 5.44. The molecule has 8 nitrogen and oxygen atoms in total. The van der Waals surface area contributed by atoms with Gasteiger partial charge in [-0.3, -0.25) is 24.0 Å². The number of benzene rings is 1. The number of unbranched alkanes of at least 4 members (excludes halogenated alkanes) is 1. The number of nitrogen functional groups attached to an aromatic ring is 1. The Hall–Kier alpha value is -2.87. The maximum Gasteiger partial charge on any atom is 0.330 e. The van der Waals surface area contributed by atoms with Crippen LogP contribution in [-0.2, 0) is 11.3 Å². The molecule has 2 heterocycles. The van der Waals surface area contributed by atoms with Gasteiger partial charge in [-0.25, -0.2) is 4.79 Å². The largest absolute Gasteiger partial charge is 0.383 e. The van der Waals surface area contributed by atoms with Crippen LogP contribution in [-0.4, -0.2) is 46.0 Å². The van der Waals surface area contributed by atoms with Crippen molar-refractivity contribution in [1.29, 1.82) is 0 Å². The molecule has 34 heavy (non-hydrogen) atoms. The van der Waals surface area contributed by atoms with Gasteiger partial charge in [-0.2, -0.15) is 0 Å². The first-order valence-electron chi connectivity index (χ1n) is 12.7. The molecule has 4 rings (SSSR count). The Morgan fingerprint density at radius 1 is 1.09 bits per heavy atom. The Morgan fingerprint density at radius 3 is 2.41 bits per heavy atom. The molecule has 0 spiro atoms. The second-order valence-corrected chi connectivity index (χ2v) is 9.66. The van der Waals surface area contributed by atoms with Gasteiger partial charge in [0, 0.05) is 12.6 Å². The Kier molecular flexibility index (Phi) is 7.88. The van der Waals surface area contributed by atoms with Gasteiger partial charge in [0.15, 0.2) is 5.69 Å². The highest BCUT2D eigenvalue weighted by Crippen LogP contribution is 2.31. The van der Waals surface area contributed by atoms with Gasteiger partial charge in [-0.15, -0.1) is 0 Å². The first-order valence-corrected chi connectivity index (χ1v) is 12.7. The van der Waals surface area contributed by atoms with E-state index in [1.807, 2.05) is 13.0 Å². The minimum Gasteiger partial charge on any atom is -0.383 e. The maximum absolute atomic E-state index is 13.7. The molecule has 3 N–H and O–H groups in total. The number of hydrogen-bond acceptors (Lipinski definition) is 5. The van der Waals surface area contributed by atoms with Gasteiger partial charge in [-0.1, -0.05) is 56.5 Å². The molecule has 0 unspecified atom stereocenters. The zero-order valence-corrected chi connectivity index (χ0v) is 20.2. The number of aromatic nitrogens is 2. The Bertz CT molecular complexity index is 1080. The van der Waals surface area contributed by atoms with E-state index in [9.17, 15) is 14.4 Å². The number of nitrogens with one attached hydrogen (secondary N) is 1. The molecular formula is C26H37N5O3. The molecule has 1 saturated carbocycles. The lowest BCUT2D eigenvalue weighted by Gasteiger charge is -2.35. The monoisotopic (exact) mass is 467 g/mol. The fourth-order valence-corrected chi connectivity index (χ4v) is 5.44. The number of rotatable bonds is 8. The van der Waals surface area contributed by atoms with Gasteiger partial charge in [-0.05, 0) is 56.7 Å². The third-order valence-corrected chi connectivity index (χ3v) is 7.37. The summed E-state index contributed by atoms with van der Waals surface area (Å²) in [6.07, 6.45) is 7.39. The summed E-state index contributed by atoms with van der Waals surface area (Å²) in [5, 5.41) is 0. The number of carbonyl (C=O) groups is 1. The van der Waals surface area contributed by atoms with Crippen molar-refractivity contribution in [2.75, 3.05) is 30.3 Å². The number of piperidine rings is 1. The molecule has 8 heteroatoms. The lowest BCUT2D eigenvalue weighted by atomic mass is 9.89. The minimum absolute atomic E-state index is 0.0603. The van der Waals surface area contributed by atoms with Gasteiger partial charge in [0.1, 0.15) is 5.82 Å². The summed E-state index contributed by atoms with van der Waals surface area (Å²) in [6.45, 7) is 4.38. The molecule has 0 radical (unpaired) electrons. The zero-order valence-electron chi connectivity index (χ0n) is 20.2. The highest BCUT2D eigenvalue weighted by atomic mass is 16.2. The molecule has 2 fully saturated rings. The first-order chi connectivity index (χ1) is 16.5. The van der Waals surface area contributed by atoms with Crippen LogP contribution in [0.5, 0.6) is 0 Å². The van der Waals surface area contributed by atoms with Crippen LogP contribution in [0.2, 0.25) is 0 Å². The van der Waals surface area contributed by atoms with Crippen LogP contribution in [0.25, 0.3) is 0 Å². The average Bonchev–Trinajstić information content (AvgIpc) is 3.37. The number of H-pyrrole nitrogens is 1. The van der Waals surface area contributed by atoms with E-state index in [1.165, 1.54) is 10.1 Å². The standard InChI is InChI=1S/C26H37N5O3/c1-2-3-15-30-24(27)23(25(33)28-26(30)34)31(21-11-7-8-12-21)22(32)18-29-16-13-20(14-17-29)19-9-5-4-6-10-19/h4-6,9-10,20-21H,2-3,7-8,11-18,27H2,1H3,(H,28,33,34). The van der Waals surface area contributed by atoms with Crippen molar-refractivity contribution in [3.63, 3.8) is 0 Å². The van der Waals surface area contributed by atoms with Crippen molar-refractivity contribution in [3.8, 4) is 0 Å². The molecule has 1 saturated heterocycles. The lowest BCUT2D eigenvalue weighted by molar-refractivity contribution is -0.120. The number of hydrogen-bond donors (Lipinski definition) is 2. The van der Waals surface area contributed by atoms with Crippen molar-refractivity contribution in [3.05, 3.63) is 56.7 Å². The molecule has 184 valence electrons. The topological polar surface area (TPSA) is 104 Å². The number of amides is 1. The summed E-state index contributed by atoms with van der Waals surface area (Å²) < 4.78 is 1.40. The number of likely N-dealkylation sites (tertiary alicyclic amines) is 1. The zero-order chi connectivity index (χ0) is 24.1. The number of carbonyl (C=O) groups excluding carboxylic acids is 1. The molecule has 1 aliphatic heterocycles. The molecule has 1 aliphatic carbocycles. The van der Waals surface area contributed by atoms with Gasteiger partial charge in [0.25, 0.3) is 5.56 Å². The summed E-state index contributed by atoms with van der Waals surface area (Å²) in [7, 11) is 0. The summed E-state index contributed by atoms with van der Waals surface area (Å²) in [4.78, 5) is 45.2. The number of nitrogens with zero attached hydrogens (tertiary/aromatic N) is 3. The summed E-state index contributed by atoms with van der Waals surface area (Å²) in [5.74, 6) is 0.507. The van der Waals surface area contributed by atoms with Crippen LogP contribution in [0.1, 0.15) is 69.8 Å². The predicted octanol–water partition coefficient (Wildman–Crippen LogP) is 3.07. The van der Waals surface area contributed by atoms with Crippen molar-refractivity contribution in [1.82, 2.24) is 14.5 Å². The molecule has 1 aromatic carbocycles. The van der Waals surface area contributed by atoms with E-state index >= 15 is 0 Å². The summed E-state index contributed by atoms with van der Waals surface area (Å²) >= 11 is 0. The van der Waals surface area contributed by atoms with Crippen LogP contribution in [0.4, 0.5) is 11.5 Å². The van der Waals surface area contributed by atoms with Crippen molar-refractivity contribution < 1.29 is 4.79 Å². The third-order valence-electron chi connectivity index (χ3n) is 7.37. The first kappa shape index (κ1) is 24.3. The number of nitrogens with two attached hydrogens (primary N) is 1. The van der Waals surface area contributed by atoms with E-state index < -0.39 is 11.2 Å². The summed E-state index contributed by atoms with van der Waals surface area (Å²) in [6, 6.07) is 10.5. The molecule has 0 bridgehead atoms. The van der Waals surface area contributed by atoms with E-state index in [1.54, 1.807) is 4.90 Å². The Labute approximate surface area is 200 Å². The van der Waals surface area contributed by atoms with Gasteiger partial charge >= 0.3 is 5.69 Å². The van der Waals surface area contributed by atoms with Gasteiger partial charge in [0.05, 0.1) is 6.54 Å². The van der Waals surface area contributed by atoms with Crippen molar-refractivity contribution >= 4 is 17.4 Å². The Morgan fingerprint density at radius 2 is 1.76 bits per heavy atom. The number of aromatic amines is 1. The van der Waals surface area contributed by atoms with Crippen LogP contribution < -0.4 is 21.9 Å². The quantitative estimate of drug-likeness (QED) is 0.621. The van der Waals surface area contributed by atoms with Crippen molar-refractivity contribution in [2.24, 2.45) is 0 Å². The SMILES string of the molecule is CCCCn1c(N)c(N(C(=O)CN2CCC(c3ccccc3)CC2)C2CCCC2)c(=O)[nH]c1=O. The summed E-state index contributed by atoms with van der Waals surface area (Å²) in [5.41, 5.74) is 6.80. The molecule has 0 atom stereocenters. The average molecular weight is 468 g/mol. The lowest BCUT2D eigenvalue weighted by Crippen LogP contribution is -2.50. The van der Waals surface area contributed by atoms with Crippen LogP contribution in [0.3, 0.4) is 0 Å². The normalized spacial score (nSPS) is 17.8. The third kappa shape index (κ3) is 5.27. The smallest absolute Gasteiger partial charge is 0.330 e. The van der Waals surface area contributed by atoms with Gasteiger partial charge < -0.3 is 10.6 Å². The maximum atomic E-state index is 13.7. The van der Waals surface area contributed by atoms with Gasteiger partial charge in [0.2, 0.25) is 5.91 Å². The minimum atomic E-state index is -0.571. The van der Waals surface area contributed by atoms with E-state index in [-0.39, 0.29) is 30.0 Å². The Balaban J connectivity index is 1.54. The molecule has 1 amide bonds. The highest BCUT2D eigenvalue weighted by molar-refractivity contribution is 5.97. The van der Waals surface area contributed by atoms with Crippen LogP contribution in [0, 0.1) is 0 Å². The molecule has 2 aliphatic rings. The second kappa shape index (κ2) is 11.0. The molecule has 2 aromatic rings. The molecule has 1 aromatic heterocycles. The van der Waals surface area contributed by atoms with Crippen molar-refractivity contribution in [2.45, 2.75) is 76.8 Å². The second-order valence-electron chi connectivity index (χ2n) is 9.66. The highest BCUT2D eigenvalue weighted by Gasteiger charge is 2.34. The van der Waals surface area contributed by atoms with Crippen LogP contribution in [0.15, 0.2) is 39.9 Å². The number of anilines is 2.